The van der Waals surface area contributed by atoms with E-state index in [2.05, 4.69) is 10.3 Å². The zero-order chi connectivity index (χ0) is 19.2. The second-order valence-corrected chi connectivity index (χ2v) is 6.41. The van der Waals surface area contributed by atoms with Crippen LogP contribution in [0.3, 0.4) is 0 Å². The lowest BCUT2D eigenvalue weighted by Gasteiger charge is -2.39. The maximum absolute atomic E-state index is 12.8. The Bertz CT molecular complexity index is 572. The van der Waals surface area contributed by atoms with Gasteiger partial charge in [0.05, 0.1) is 6.54 Å². The average molecular weight is 372 g/mol. The monoisotopic (exact) mass is 372 g/mol. The van der Waals surface area contributed by atoms with Crippen LogP contribution in [0.1, 0.15) is 13.8 Å². The Labute approximate surface area is 152 Å². The fourth-order valence-corrected chi connectivity index (χ4v) is 2.87. The zero-order valence-corrected chi connectivity index (χ0v) is 15.5. The maximum Gasteiger partial charge on any atom is 0.403 e. The van der Waals surface area contributed by atoms with Crippen molar-refractivity contribution in [3.63, 3.8) is 0 Å². The fraction of sp³-hybridized carbons (Fsp3) is 0.611. The highest BCUT2D eigenvalue weighted by molar-refractivity contribution is 5.80. The number of hydrogen-bond acceptors (Lipinski definition) is 3. The lowest BCUT2D eigenvalue weighted by molar-refractivity contribution is -0.181. The van der Waals surface area contributed by atoms with E-state index in [1.54, 1.807) is 7.05 Å². The van der Waals surface area contributed by atoms with Gasteiger partial charge in [0.2, 0.25) is 0 Å². The van der Waals surface area contributed by atoms with Crippen molar-refractivity contribution in [1.82, 2.24) is 15.1 Å². The number of ether oxygens (including phenoxy) is 1. The Balaban J connectivity index is 1.79. The Morgan fingerprint density at radius 3 is 2.31 bits per heavy atom. The number of halogens is 3. The second kappa shape index (κ2) is 9.12. The predicted molar refractivity (Wildman–Crippen MR) is 96.6 cm³/mol. The molecule has 2 unspecified atom stereocenters. The second-order valence-electron chi connectivity index (χ2n) is 6.41. The minimum atomic E-state index is -4.19. The van der Waals surface area contributed by atoms with Gasteiger partial charge in [-0.3, -0.25) is 9.89 Å². The first-order valence-electron chi connectivity index (χ1n) is 8.79. The van der Waals surface area contributed by atoms with E-state index in [1.807, 2.05) is 42.2 Å². The molecule has 0 amide bonds. The molecule has 2 atom stereocenters. The number of hydrogen-bond donors (Lipinski definition) is 1. The minimum Gasteiger partial charge on any atom is -0.489 e. The van der Waals surface area contributed by atoms with Crippen LogP contribution >= 0.6 is 0 Å². The molecule has 146 valence electrons. The Morgan fingerprint density at radius 2 is 1.77 bits per heavy atom. The summed E-state index contributed by atoms with van der Waals surface area (Å²) in [5, 5.41) is 3.24. The maximum atomic E-state index is 12.8. The molecule has 1 aliphatic heterocycles. The topological polar surface area (TPSA) is 40.1 Å². The number of nitrogens with zero attached hydrogens (tertiary/aromatic N) is 3. The molecule has 0 saturated carbocycles. The van der Waals surface area contributed by atoms with Gasteiger partial charge in [0, 0.05) is 33.2 Å². The number of rotatable bonds is 5. The molecule has 0 aliphatic carbocycles. The van der Waals surface area contributed by atoms with Gasteiger partial charge >= 0.3 is 6.18 Å². The highest BCUT2D eigenvalue weighted by atomic mass is 19.4. The third kappa shape index (κ3) is 5.79. The molecule has 1 aliphatic rings. The molecule has 2 rings (SSSR count). The molecule has 0 spiro atoms. The van der Waals surface area contributed by atoms with E-state index in [9.17, 15) is 13.2 Å². The van der Waals surface area contributed by atoms with Gasteiger partial charge in [0.25, 0.3) is 0 Å². The first-order valence-corrected chi connectivity index (χ1v) is 8.79. The summed E-state index contributed by atoms with van der Waals surface area (Å²) in [5.41, 5.74) is 0. The molecule has 1 aromatic rings. The van der Waals surface area contributed by atoms with E-state index in [0.717, 1.165) is 5.75 Å². The molecular weight excluding hydrogens is 345 g/mol. The van der Waals surface area contributed by atoms with E-state index < -0.39 is 12.2 Å². The molecule has 0 aromatic heterocycles. The summed E-state index contributed by atoms with van der Waals surface area (Å²) in [6.07, 6.45) is -4.26. The number of para-hydroxylation sites is 1. The molecule has 1 aromatic carbocycles. The van der Waals surface area contributed by atoms with Crippen molar-refractivity contribution in [3.05, 3.63) is 30.3 Å². The number of aliphatic imine (C=N–C) groups is 1. The molecule has 0 radical (unpaired) electrons. The number of piperazine rings is 1. The van der Waals surface area contributed by atoms with Gasteiger partial charge in [-0.05, 0) is 26.0 Å². The van der Waals surface area contributed by atoms with E-state index in [1.165, 1.54) is 11.8 Å². The Hall–Kier alpha value is -1.96. The van der Waals surface area contributed by atoms with Crippen LogP contribution in [0, 0.1) is 0 Å². The smallest absolute Gasteiger partial charge is 0.403 e. The standard InChI is InChI=1S/C18H27F3N4O/c1-14(26-16-7-5-4-6-8-16)13-23-17(22-3)25-11-9-24(10-12-25)15(2)18(19,20)21/h4-8,14-15H,9-13H2,1-3H3,(H,22,23). The molecule has 1 saturated heterocycles. The summed E-state index contributed by atoms with van der Waals surface area (Å²) < 4.78 is 44.3. The first-order chi connectivity index (χ1) is 12.3. The van der Waals surface area contributed by atoms with Gasteiger partial charge < -0.3 is 15.0 Å². The normalized spacial score (nSPS) is 19.2. The molecule has 0 bridgehead atoms. The number of benzene rings is 1. The number of guanidine groups is 1. The Kier molecular flexibility index (Phi) is 7.14. The van der Waals surface area contributed by atoms with Crippen LogP contribution in [-0.4, -0.2) is 73.9 Å². The fourth-order valence-electron chi connectivity index (χ4n) is 2.87. The first kappa shape index (κ1) is 20.4. The van der Waals surface area contributed by atoms with Gasteiger partial charge in [-0.15, -0.1) is 0 Å². The third-order valence-corrected chi connectivity index (χ3v) is 4.48. The van der Waals surface area contributed by atoms with Gasteiger partial charge in [-0.2, -0.15) is 13.2 Å². The van der Waals surface area contributed by atoms with E-state index in [0.29, 0.717) is 38.7 Å². The minimum absolute atomic E-state index is 0.0688. The summed E-state index contributed by atoms with van der Waals surface area (Å²) >= 11 is 0. The lowest BCUT2D eigenvalue weighted by Crippen LogP contribution is -2.57. The van der Waals surface area contributed by atoms with Crippen LogP contribution in [0.2, 0.25) is 0 Å². The predicted octanol–water partition coefficient (Wildman–Crippen LogP) is 2.60. The summed E-state index contributed by atoms with van der Waals surface area (Å²) in [6, 6.07) is 8.13. The van der Waals surface area contributed by atoms with E-state index in [-0.39, 0.29) is 6.10 Å². The highest BCUT2D eigenvalue weighted by Crippen LogP contribution is 2.25. The molecule has 8 heteroatoms. The molecule has 26 heavy (non-hydrogen) atoms. The van der Waals surface area contributed by atoms with Crippen molar-refractivity contribution in [2.45, 2.75) is 32.2 Å². The van der Waals surface area contributed by atoms with E-state index in [4.69, 9.17) is 4.74 Å². The summed E-state index contributed by atoms with van der Waals surface area (Å²) in [4.78, 5) is 7.69. The lowest BCUT2D eigenvalue weighted by atomic mass is 10.2. The quantitative estimate of drug-likeness (QED) is 0.637. The largest absolute Gasteiger partial charge is 0.489 e. The molecule has 1 fully saturated rings. The molecule has 5 nitrogen and oxygen atoms in total. The van der Waals surface area contributed by atoms with Gasteiger partial charge in [0.15, 0.2) is 5.96 Å². The van der Waals surface area contributed by atoms with Crippen molar-refractivity contribution in [2.75, 3.05) is 39.8 Å². The van der Waals surface area contributed by atoms with Crippen molar-refractivity contribution in [2.24, 2.45) is 4.99 Å². The van der Waals surface area contributed by atoms with Gasteiger partial charge in [-0.25, -0.2) is 0 Å². The van der Waals surface area contributed by atoms with Crippen LogP contribution in [0.4, 0.5) is 13.2 Å². The van der Waals surface area contributed by atoms with E-state index >= 15 is 0 Å². The van der Waals surface area contributed by atoms with Crippen molar-refractivity contribution >= 4 is 5.96 Å². The molecule has 1 N–H and O–H groups in total. The van der Waals surface area contributed by atoms with Crippen molar-refractivity contribution < 1.29 is 17.9 Å². The number of alkyl halides is 3. The molecular formula is C18H27F3N4O. The van der Waals surface area contributed by atoms with Crippen LogP contribution < -0.4 is 10.1 Å². The summed E-state index contributed by atoms with van der Waals surface area (Å²) in [5.74, 6) is 1.49. The number of nitrogens with one attached hydrogen (secondary N) is 1. The highest BCUT2D eigenvalue weighted by Gasteiger charge is 2.41. The van der Waals surface area contributed by atoms with Crippen molar-refractivity contribution in [3.8, 4) is 5.75 Å². The van der Waals surface area contributed by atoms with Crippen molar-refractivity contribution in [1.29, 1.82) is 0 Å². The summed E-state index contributed by atoms with van der Waals surface area (Å²) in [6.45, 7) is 5.46. The van der Waals surface area contributed by atoms with Gasteiger partial charge in [0.1, 0.15) is 17.9 Å². The zero-order valence-electron chi connectivity index (χ0n) is 15.5. The third-order valence-electron chi connectivity index (χ3n) is 4.48. The van der Waals surface area contributed by atoms with Crippen LogP contribution in [0.5, 0.6) is 5.75 Å². The Morgan fingerprint density at radius 1 is 1.15 bits per heavy atom. The SMILES string of the molecule is CN=C(NCC(C)Oc1ccccc1)N1CCN(C(C)C(F)(F)F)CC1. The molecule has 1 heterocycles. The van der Waals surface area contributed by atoms with Gasteiger partial charge in [-0.1, -0.05) is 18.2 Å². The van der Waals surface area contributed by atoms with Crippen LogP contribution in [0.15, 0.2) is 35.3 Å². The van der Waals surface area contributed by atoms with Crippen LogP contribution in [-0.2, 0) is 0 Å². The summed E-state index contributed by atoms with van der Waals surface area (Å²) in [7, 11) is 1.68. The average Bonchev–Trinajstić information content (AvgIpc) is 2.62. The van der Waals surface area contributed by atoms with Crippen LogP contribution in [0.25, 0.3) is 0 Å².